The Bertz CT molecular complexity index is 921. The van der Waals surface area contributed by atoms with Gasteiger partial charge in [-0.3, -0.25) is 0 Å². The van der Waals surface area contributed by atoms with E-state index in [9.17, 15) is 13.6 Å². The largest absolute Gasteiger partial charge is 0.377 e. The molecule has 1 unspecified atom stereocenters. The maximum atomic E-state index is 13.6. The van der Waals surface area contributed by atoms with E-state index in [4.69, 9.17) is 21.1 Å². The van der Waals surface area contributed by atoms with Crippen molar-refractivity contribution in [1.29, 1.82) is 0 Å². The number of anilines is 1. The second-order valence-corrected chi connectivity index (χ2v) is 8.32. The van der Waals surface area contributed by atoms with Crippen LogP contribution in [0, 0.1) is 17.6 Å². The lowest BCUT2D eigenvalue weighted by atomic mass is 9.86. The highest BCUT2D eigenvalue weighted by molar-refractivity contribution is 6.31. The molecule has 2 saturated heterocycles. The first-order chi connectivity index (χ1) is 14.4. The van der Waals surface area contributed by atoms with Crippen LogP contribution in [0.3, 0.4) is 0 Å². The van der Waals surface area contributed by atoms with E-state index < -0.39 is 5.82 Å². The summed E-state index contributed by atoms with van der Waals surface area (Å²) in [5.41, 5.74) is 0.706. The molecule has 0 bridgehead atoms. The van der Waals surface area contributed by atoms with E-state index in [1.165, 1.54) is 24.3 Å². The van der Waals surface area contributed by atoms with E-state index in [1.807, 2.05) is 0 Å². The van der Waals surface area contributed by atoms with Gasteiger partial charge in [0.1, 0.15) is 17.2 Å². The molecule has 1 spiro atoms. The van der Waals surface area contributed by atoms with Gasteiger partial charge in [-0.2, -0.15) is 0 Å². The smallest absolute Gasteiger partial charge is 0.322 e. The molecule has 30 heavy (non-hydrogen) atoms. The topological polar surface area (TPSA) is 50.8 Å². The van der Waals surface area contributed by atoms with Gasteiger partial charge in [-0.25, -0.2) is 13.6 Å². The van der Waals surface area contributed by atoms with Gasteiger partial charge in [0.2, 0.25) is 0 Å². The number of carbonyl (C=O) groups excluding carboxylic acids is 1. The molecule has 2 aliphatic rings. The summed E-state index contributed by atoms with van der Waals surface area (Å²) in [7, 11) is 0. The highest BCUT2D eigenvalue weighted by Gasteiger charge is 2.51. The van der Waals surface area contributed by atoms with Crippen LogP contribution in [0.1, 0.15) is 18.4 Å². The van der Waals surface area contributed by atoms with Crippen LogP contribution in [0.4, 0.5) is 19.3 Å². The third kappa shape index (κ3) is 4.74. The fourth-order valence-corrected chi connectivity index (χ4v) is 4.14. The highest BCUT2D eigenvalue weighted by Crippen LogP contribution is 2.39. The molecule has 2 heterocycles. The number of likely N-dealkylation sites (tertiary alicyclic amines) is 1. The van der Waals surface area contributed by atoms with Crippen molar-refractivity contribution in [1.82, 2.24) is 4.90 Å². The lowest BCUT2D eigenvalue weighted by Gasteiger charge is -2.46. The van der Waals surface area contributed by atoms with Gasteiger partial charge in [0.15, 0.2) is 0 Å². The molecule has 4 rings (SSSR count). The average molecular weight is 437 g/mol. The van der Waals surface area contributed by atoms with Gasteiger partial charge in [0.25, 0.3) is 0 Å². The minimum absolute atomic E-state index is 0.0351. The van der Waals surface area contributed by atoms with Crippen LogP contribution < -0.4 is 5.32 Å². The zero-order chi connectivity index (χ0) is 21.1. The Labute approximate surface area is 178 Å². The monoisotopic (exact) mass is 436 g/mol. The van der Waals surface area contributed by atoms with Gasteiger partial charge in [-0.15, -0.1) is 0 Å². The maximum absolute atomic E-state index is 13.6. The van der Waals surface area contributed by atoms with Crippen molar-refractivity contribution >= 4 is 23.3 Å². The standard InChI is InChI=1S/C22H23ClF2N2O3/c23-18-9-17(5-6-20(18)25)26-21(28)27-13-22(14-27)10-15(11-30-22)7-8-29-12-16-3-1-2-4-19(16)24/h1-6,9,15H,7-8,10-14H2,(H,26,28). The lowest BCUT2D eigenvalue weighted by molar-refractivity contribution is -0.0894. The summed E-state index contributed by atoms with van der Waals surface area (Å²) in [5, 5.41) is 2.69. The van der Waals surface area contributed by atoms with Gasteiger partial charge in [0, 0.05) is 17.9 Å². The molecule has 0 aliphatic carbocycles. The first-order valence-corrected chi connectivity index (χ1v) is 10.3. The molecular weight excluding hydrogens is 414 g/mol. The third-order valence-corrected chi connectivity index (χ3v) is 5.88. The first-order valence-electron chi connectivity index (χ1n) is 9.90. The Morgan fingerprint density at radius 3 is 2.80 bits per heavy atom. The zero-order valence-electron chi connectivity index (χ0n) is 16.4. The number of halogens is 3. The van der Waals surface area contributed by atoms with Crippen LogP contribution >= 0.6 is 11.6 Å². The molecule has 2 aromatic carbocycles. The van der Waals surface area contributed by atoms with Crippen LogP contribution in [0.2, 0.25) is 5.02 Å². The van der Waals surface area contributed by atoms with Crippen LogP contribution in [0.25, 0.3) is 0 Å². The van der Waals surface area contributed by atoms with Crippen molar-refractivity contribution in [3.63, 3.8) is 0 Å². The molecule has 2 aliphatic heterocycles. The van der Waals surface area contributed by atoms with Crippen molar-refractivity contribution in [2.24, 2.45) is 5.92 Å². The van der Waals surface area contributed by atoms with Gasteiger partial charge < -0.3 is 19.7 Å². The van der Waals surface area contributed by atoms with Crippen LogP contribution in [0.15, 0.2) is 42.5 Å². The second-order valence-electron chi connectivity index (χ2n) is 7.91. The molecule has 2 amide bonds. The van der Waals surface area contributed by atoms with Gasteiger partial charge in [-0.1, -0.05) is 29.8 Å². The van der Waals surface area contributed by atoms with Crippen molar-refractivity contribution in [2.45, 2.75) is 25.0 Å². The van der Waals surface area contributed by atoms with Crippen molar-refractivity contribution in [3.8, 4) is 0 Å². The van der Waals surface area contributed by atoms with E-state index in [-0.39, 0.29) is 29.1 Å². The molecule has 1 N–H and O–H groups in total. The van der Waals surface area contributed by atoms with E-state index in [1.54, 1.807) is 23.1 Å². The number of amides is 2. The summed E-state index contributed by atoms with van der Waals surface area (Å²) in [5.74, 6) is -0.427. The number of hydrogen-bond acceptors (Lipinski definition) is 3. The maximum Gasteiger partial charge on any atom is 0.322 e. The molecule has 0 radical (unpaired) electrons. The minimum Gasteiger partial charge on any atom is -0.377 e. The summed E-state index contributed by atoms with van der Waals surface area (Å²) >= 11 is 5.75. The Morgan fingerprint density at radius 1 is 1.23 bits per heavy atom. The summed E-state index contributed by atoms with van der Waals surface area (Å²) in [6.07, 6.45) is 1.69. The molecule has 2 fully saturated rings. The predicted octanol–water partition coefficient (Wildman–Crippen LogP) is 4.85. The zero-order valence-corrected chi connectivity index (χ0v) is 17.1. The molecule has 1 atom stereocenters. The average Bonchev–Trinajstić information content (AvgIpc) is 3.13. The third-order valence-electron chi connectivity index (χ3n) is 5.59. The normalized spacial score (nSPS) is 19.7. The van der Waals surface area contributed by atoms with E-state index in [0.717, 1.165) is 12.8 Å². The predicted molar refractivity (Wildman–Crippen MR) is 109 cm³/mol. The lowest BCUT2D eigenvalue weighted by Crippen LogP contribution is -2.64. The van der Waals surface area contributed by atoms with Gasteiger partial charge in [0.05, 0.1) is 31.3 Å². The number of nitrogens with zero attached hydrogens (tertiary/aromatic N) is 1. The number of nitrogens with one attached hydrogen (secondary N) is 1. The summed E-state index contributed by atoms with van der Waals surface area (Å²) in [6, 6.07) is 10.4. The van der Waals surface area contributed by atoms with Crippen molar-refractivity contribution in [3.05, 3.63) is 64.7 Å². The minimum atomic E-state index is -0.527. The van der Waals surface area contributed by atoms with Gasteiger partial charge >= 0.3 is 6.03 Å². The van der Waals surface area contributed by atoms with E-state index in [2.05, 4.69) is 5.32 Å². The van der Waals surface area contributed by atoms with E-state index in [0.29, 0.717) is 43.5 Å². The molecular formula is C22H23ClF2N2O3. The number of ether oxygens (including phenoxy) is 2. The highest BCUT2D eigenvalue weighted by atomic mass is 35.5. The Hall–Kier alpha value is -2.22. The number of benzene rings is 2. The number of carbonyl (C=O) groups is 1. The van der Waals surface area contributed by atoms with E-state index >= 15 is 0 Å². The van der Waals surface area contributed by atoms with Crippen LogP contribution in [0.5, 0.6) is 0 Å². The quantitative estimate of drug-likeness (QED) is 0.659. The molecule has 160 valence electrons. The molecule has 0 saturated carbocycles. The molecule has 2 aromatic rings. The Kier molecular flexibility index (Phi) is 6.22. The number of rotatable bonds is 6. The fourth-order valence-electron chi connectivity index (χ4n) is 3.96. The van der Waals surface area contributed by atoms with Crippen LogP contribution in [-0.2, 0) is 16.1 Å². The Morgan fingerprint density at radius 2 is 2.03 bits per heavy atom. The number of hydrogen-bond donors (Lipinski definition) is 1. The van der Waals surface area contributed by atoms with Crippen LogP contribution in [-0.4, -0.2) is 42.8 Å². The van der Waals surface area contributed by atoms with Gasteiger partial charge in [-0.05, 0) is 43.0 Å². The number of urea groups is 1. The fraction of sp³-hybridized carbons (Fsp3) is 0.409. The van der Waals surface area contributed by atoms with Crippen molar-refractivity contribution < 1.29 is 23.0 Å². The second kappa shape index (κ2) is 8.88. The first kappa shape index (κ1) is 21.0. The SMILES string of the molecule is O=C(Nc1ccc(F)c(Cl)c1)N1CC2(CC(CCOCc3ccccc3F)CO2)C1. The summed E-state index contributed by atoms with van der Waals surface area (Å²) in [6.45, 7) is 2.45. The summed E-state index contributed by atoms with van der Waals surface area (Å²) in [4.78, 5) is 14.0. The molecule has 8 heteroatoms. The summed E-state index contributed by atoms with van der Waals surface area (Å²) < 4.78 is 38.4. The molecule has 5 nitrogen and oxygen atoms in total. The van der Waals surface area contributed by atoms with Crippen molar-refractivity contribution in [2.75, 3.05) is 31.6 Å². The molecule has 0 aromatic heterocycles. The Balaban J connectivity index is 1.17.